The molecule has 1 aliphatic rings. The SMILES string of the molecule is COc1ccc(CCN2CCC(N)(C(=O)O)C2)cc1. The van der Waals surface area contributed by atoms with Crippen LogP contribution in [0.15, 0.2) is 24.3 Å². The zero-order valence-electron chi connectivity index (χ0n) is 11.1. The summed E-state index contributed by atoms with van der Waals surface area (Å²) in [6.07, 6.45) is 1.41. The highest BCUT2D eigenvalue weighted by molar-refractivity contribution is 5.79. The van der Waals surface area contributed by atoms with Crippen LogP contribution in [0.4, 0.5) is 0 Å². The molecule has 0 bridgehead atoms. The number of carbonyl (C=O) groups is 1. The summed E-state index contributed by atoms with van der Waals surface area (Å²) in [4.78, 5) is 13.2. The number of likely N-dealkylation sites (tertiary alicyclic amines) is 1. The van der Waals surface area contributed by atoms with E-state index in [1.165, 1.54) is 5.56 Å². The van der Waals surface area contributed by atoms with E-state index in [1.54, 1.807) is 7.11 Å². The molecule has 0 saturated carbocycles. The Morgan fingerprint density at radius 2 is 2.16 bits per heavy atom. The molecule has 0 aromatic heterocycles. The average Bonchev–Trinajstić information content (AvgIpc) is 2.80. The smallest absolute Gasteiger partial charge is 0.325 e. The van der Waals surface area contributed by atoms with Gasteiger partial charge in [0.25, 0.3) is 0 Å². The molecule has 1 unspecified atom stereocenters. The van der Waals surface area contributed by atoms with Gasteiger partial charge in [-0.05, 0) is 30.5 Å². The molecule has 1 heterocycles. The number of methoxy groups -OCH3 is 1. The van der Waals surface area contributed by atoms with Crippen molar-refractivity contribution in [2.24, 2.45) is 5.73 Å². The summed E-state index contributed by atoms with van der Waals surface area (Å²) >= 11 is 0. The van der Waals surface area contributed by atoms with Gasteiger partial charge in [-0.1, -0.05) is 12.1 Å². The molecule has 5 nitrogen and oxygen atoms in total. The minimum Gasteiger partial charge on any atom is -0.497 e. The predicted molar refractivity (Wildman–Crippen MR) is 72.3 cm³/mol. The molecule has 0 spiro atoms. The van der Waals surface area contributed by atoms with Gasteiger partial charge in [0, 0.05) is 19.6 Å². The Morgan fingerprint density at radius 1 is 1.47 bits per heavy atom. The molecule has 1 fully saturated rings. The molecule has 3 N–H and O–H groups in total. The number of nitrogens with zero attached hydrogens (tertiary/aromatic N) is 1. The minimum absolute atomic E-state index is 0.429. The number of rotatable bonds is 5. The van der Waals surface area contributed by atoms with Crippen molar-refractivity contribution >= 4 is 5.97 Å². The van der Waals surface area contributed by atoms with Crippen molar-refractivity contribution in [3.63, 3.8) is 0 Å². The highest BCUT2D eigenvalue weighted by atomic mass is 16.5. The summed E-state index contributed by atoms with van der Waals surface area (Å²) in [7, 11) is 1.64. The van der Waals surface area contributed by atoms with E-state index in [4.69, 9.17) is 15.6 Å². The molecule has 1 saturated heterocycles. The molecule has 1 aliphatic heterocycles. The number of hydrogen-bond donors (Lipinski definition) is 2. The molecule has 2 rings (SSSR count). The highest BCUT2D eigenvalue weighted by Crippen LogP contribution is 2.19. The molecule has 1 aromatic rings. The molecular formula is C14H20N2O3. The zero-order valence-corrected chi connectivity index (χ0v) is 11.1. The Bertz CT molecular complexity index is 447. The number of benzene rings is 1. The minimum atomic E-state index is -1.07. The van der Waals surface area contributed by atoms with E-state index in [2.05, 4.69) is 4.90 Å². The van der Waals surface area contributed by atoms with Crippen molar-refractivity contribution in [1.82, 2.24) is 4.90 Å². The average molecular weight is 264 g/mol. The molecule has 1 aromatic carbocycles. The molecule has 5 heteroatoms. The second kappa shape index (κ2) is 5.59. The third kappa shape index (κ3) is 3.24. The number of hydrogen-bond acceptors (Lipinski definition) is 4. The predicted octanol–water partition coefficient (Wildman–Crippen LogP) is 0.726. The summed E-state index contributed by atoms with van der Waals surface area (Å²) in [5.41, 5.74) is 5.99. The molecule has 0 radical (unpaired) electrons. The van der Waals surface area contributed by atoms with Crippen LogP contribution in [0.25, 0.3) is 0 Å². The van der Waals surface area contributed by atoms with Crippen molar-refractivity contribution in [3.8, 4) is 5.75 Å². The maximum atomic E-state index is 11.0. The molecular weight excluding hydrogens is 244 g/mol. The largest absolute Gasteiger partial charge is 0.497 e. The summed E-state index contributed by atoms with van der Waals surface area (Å²) in [6.45, 7) is 2.01. The van der Waals surface area contributed by atoms with Gasteiger partial charge in [-0.3, -0.25) is 4.79 Å². The normalized spacial score (nSPS) is 23.5. The first-order chi connectivity index (χ1) is 9.03. The van der Waals surface area contributed by atoms with E-state index in [0.29, 0.717) is 13.0 Å². The van der Waals surface area contributed by atoms with Crippen LogP contribution in [0.3, 0.4) is 0 Å². The second-order valence-electron chi connectivity index (χ2n) is 5.09. The lowest BCUT2D eigenvalue weighted by atomic mass is 10.0. The number of carboxylic acid groups (broad SMARTS) is 1. The fourth-order valence-corrected chi connectivity index (χ4v) is 2.36. The number of ether oxygens (including phenoxy) is 1. The Kier molecular flexibility index (Phi) is 4.07. The van der Waals surface area contributed by atoms with Crippen LogP contribution >= 0.6 is 0 Å². The van der Waals surface area contributed by atoms with Crippen LogP contribution in [0.1, 0.15) is 12.0 Å². The first-order valence-corrected chi connectivity index (χ1v) is 6.41. The van der Waals surface area contributed by atoms with E-state index in [1.807, 2.05) is 24.3 Å². The van der Waals surface area contributed by atoms with Gasteiger partial charge in [-0.2, -0.15) is 0 Å². The van der Waals surface area contributed by atoms with Crippen LogP contribution in [0.2, 0.25) is 0 Å². The molecule has 0 aliphatic carbocycles. The summed E-state index contributed by atoms with van der Waals surface area (Å²) in [6, 6.07) is 7.93. The number of aliphatic carboxylic acids is 1. The van der Waals surface area contributed by atoms with Gasteiger partial charge in [0.2, 0.25) is 0 Å². The third-order valence-electron chi connectivity index (χ3n) is 3.68. The van der Waals surface area contributed by atoms with Gasteiger partial charge in [0.05, 0.1) is 7.11 Å². The zero-order chi connectivity index (χ0) is 13.9. The van der Waals surface area contributed by atoms with Crippen LogP contribution in [-0.2, 0) is 11.2 Å². The standard InChI is InChI=1S/C14H20N2O3/c1-19-12-4-2-11(3-5-12)6-8-16-9-7-14(15,10-16)13(17)18/h2-5H,6-10,15H2,1H3,(H,17,18). The van der Waals surface area contributed by atoms with Gasteiger partial charge in [0.15, 0.2) is 0 Å². The fourth-order valence-electron chi connectivity index (χ4n) is 2.36. The van der Waals surface area contributed by atoms with Crippen molar-refractivity contribution < 1.29 is 14.6 Å². The van der Waals surface area contributed by atoms with Crippen LogP contribution < -0.4 is 10.5 Å². The monoisotopic (exact) mass is 264 g/mol. The Morgan fingerprint density at radius 3 is 2.68 bits per heavy atom. The summed E-state index contributed by atoms with van der Waals surface area (Å²) in [5.74, 6) is -0.0591. The summed E-state index contributed by atoms with van der Waals surface area (Å²) < 4.78 is 5.11. The van der Waals surface area contributed by atoms with Crippen molar-refractivity contribution in [1.29, 1.82) is 0 Å². The lowest BCUT2D eigenvalue weighted by Gasteiger charge is -2.20. The Balaban J connectivity index is 1.85. The topological polar surface area (TPSA) is 75.8 Å². The fraction of sp³-hybridized carbons (Fsp3) is 0.500. The van der Waals surface area contributed by atoms with Crippen molar-refractivity contribution in [2.75, 3.05) is 26.7 Å². The first kappa shape index (κ1) is 13.8. The van der Waals surface area contributed by atoms with Gasteiger partial charge in [-0.25, -0.2) is 0 Å². The van der Waals surface area contributed by atoms with Crippen LogP contribution in [-0.4, -0.2) is 48.3 Å². The van der Waals surface area contributed by atoms with Gasteiger partial charge >= 0.3 is 5.97 Å². The maximum absolute atomic E-state index is 11.0. The van der Waals surface area contributed by atoms with Crippen molar-refractivity contribution in [2.45, 2.75) is 18.4 Å². The lowest BCUT2D eigenvalue weighted by molar-refractivity contribution is -0.142. The number of carboxylic acids is 1. The van der Waals surface area contributed by atoms with E-state index >= 15 is 0 Å². The van der Waals surface area contributed by atoms with E-state index in [0.717, 1.165) is 25.3 Å². The second-order valence-corrected chi connectivity index (χ2v) is 5.09. The quantitative estimate of drug-likeness (QED) is 0.820. The highest BCUT2D eigenvalue weighted by Gasteiger charge is 2.40. The third-order valence-corrected chi connectivity index (χ3v) is 3.68. The maximum Gasteiger partial charge on any atom is 0.325 e. The van der Waals surface area contributed by atoms with Gasteiger partial charge in [0.1, 0.15) is 11.3 Å². The molecule has 19 heavy (non-hydrogen) atoms. The molecule has 1 atom stereocenters. The summed E-state index contributed by atoms with van der Waals surface area (Å²) in [5, 5.41) is 9.07. The lowest BCUT2D eigenvalue weighted by Crippen LogP contribution is -2.50. The Hall–Kier alpha value is -1.59. The van der Waals surface area contributed by atoms with E-state index in [9.17, 15) is 4.79 Å². The van der Waals surface area contributed by atoms with Gasteiger partial charge in [-0.15, -0.1) is 0 Å². The van der Waals surface area contributed by atoms with Crippen molar-refractivity contribution in [3.05, 3.63) is 29.8 Å². The Labute approximate surface area is 113 Å². The number of nitrogens with two attached hydrogens (primary N) is 1. The first-order valence-electron chi connectivity index (χ1n) is 6.41. The van der Waals surface area contributed by atoms with Gasteiger partial charge < -0.3 is 20.5 Å². The molecule has 0 amide bonds. The van der Waals surface area contributed by atoms with E-state index in [-0.39, 0.29) is 0 Å². The van der Waals surface area contributed by atoms with E-state index < -0.39 is 11.5 Å². The van der Waals surface area contributed by atoms with Crippen LogP contribution in [0.5, 0.6) is 5.75 Å². The van der Waals surface area contributed by atoms with Crippen LogP contribution in [0, 0.1) is 0 Å². The molecule has 104 valence electrons.